The minimum atomic E-state index is -1.40. The lowest BCUT2D eigenvalue weighted by molar-refractivity contribution is -0.142. The second-order valence-corrected chi connectivity index (χ2v) is 5.87. The maximum atomic E-state index is 10.8. The fourth-order valence-corrected chi connectivity index (χ4v) is 2.39. The normalized spacial score (nSPS) is 13.7. The minimum absolute atomic E-state index is 0.348. The average molecular weight is 325 g/mol. The fourth-order valence-electron chi connectivity index (χ4n) is 2.09. The molecule has 0 radical (unpaired) electrons. The Morgan fingerprint density at radius 2 is 1.62 bits per heavy atom. The van der Waals surface area contributed by atoms with Crippen molar-refractivity contribution >= 4 is 29.2 Å². The lowest BCUT2D eigenvalue weighted by Crippen LogP contribution is -2.24. The highest BCUT2D eigenvalue weighted by Crippen LogP contribution is 2.30. The molecule has 1 atom stereocenters. The van der Waals surface area contributed by atoms with Crippen LogP contribution in [0.1, 0.15) is 18.9 Å². The summed E-state index contributed by atoms with van der Waals surface area (Å²) in [5, 5.41) is 19.9. The number of carboxylic acid groups (broad SMARTS) is 1. The molecule has 2 N–H and O–H groups in total. The average Bonchev–Trinajstić information content (AvgIpc) is 2.41. The van der Waals surface area contributed by atoms with Crippen molar-refractivity contribution in [2.24, 2.45) is 0 Å². The molecule has 110 valence electrons. The second kappa shape index (κ2) is 6.06. The van der Waals surface area contributed by atoms with Crippen LogP contribution in [-0.2, 0) is 10.4 Å². The zero-order valence-corrected chi connectivity index (χ0v) is 12.8. The van der Waals surface area contributed by atoms with Gasteiger partial charge in [-0.1, -0.05) is 53.5 Å². The fraction of sp³-hybridized carbons (Fsp3) is 0.188. The Hall–Kier alpha value is -1.55. The van der Waals surface area contributed by atoms with E-state index in [0.717, 1.165) is 11.1 Å². The number of benzene rings is 2. The Morgan fingerprint density at radius 3 is 2.14 bits per heavy atom. The monoisotopic (exact) mass is 324 g/mol. The summed E-state index contributed by atoms with van der Waals surface area (Å²) in [6.45, 7) is 1.48. The molecule has 0 aliphatic carbocycles. The first-order chi connectivity index (χ1) is 9.79. The van der Waals surface area contributed by atoms with Gasteiger partial charge in [0, 0.05) is 0 Å². The van der Waals surface area contributed by atoms with Crippen LogP contribution in [0.15, 0.2) is 42.5 Å². The summed E-state index contributed by atoms with van der Waals surface area (Å²) in [6.07, 6.45) is -0.348. The Labute approximate surface area is 132 Å². The number of carbonyl (C=O) groups is 1. The third kappa shape index (κ3) is 3.76. The van der Waals surface area contributed by atoms with Crippen LogP contribution in [0.4, 0.5) is 0 Å². The first-order valence-electron chi connectivity index (χ1n) is 6.30. The van der Waals surface area contributed by atoms with Crippen LogP contribution in [0, 0.1) is 0 Å². The van der Waals surface area contributed by atoms with E-state index in [1.807, 2.05) is 18.2 Å². The van der Waals surface area contributed by atoms with Crippen LogP contribution in [0.5, 0.6) is 0 Å². The van der Waals surface area contributed by atoms with Crippen LogP contribution in [0.25, 0.3) is 11.1 Å². The molecule has 21 heavy (non-hydrogen) atoms. The SMILES string of the molecule is CC(O)(CC(=O)O)c1ccc(-c2ccc(Cl)c(Cl)c2)cc1. The van der Waals surface area contributed by atoms with Gasteiger partial charge >= 0.3 is 5.97 Å². The Bertz CT molecular complexity index is 664. The molecule has 0 fully saturated rings. The number of rotatable bonds is 4. The van der Waals surface area contributed by atoms with E-state index in [1.165, 1.54) is 6.92 Å². The number of carboxylic acids is 1. The Kier molecular flexibility index (Phi) is 4.57. The molecule has 0 aliphatic rings. The van der Waals surface area contributed by atoms with E-state index >= 15 is 0 Å². The van der Waals surface area contributed by atoms with Crippen molar-refractivity contribution in [3.8, 4) is 11.1 Å². The van der Waals surface area contributed by atoms with Gasteiger partial charge in [0.25, 0.3) is 0 Å². The maximum Gasteiger partial charge on any atom is 0.306 e. The quantitative estimate of drug-likeness (QED) is 0.879. The van der Waals surface area contributed by atoms with Crippen molar-refractivity contribution < 1.29 is 15.0 Å². The largest absolute Gasteiger partial charge is 0.481 e. The molecule has 0 aliphatic heterocycles. The topological polar surface area (TPSA) is 57.5 Å². The number of hydrogen-bond acceptors (Lipinski definition) is 2. The zero-order chi connectivity index (χ0) is 15.6. The lowest BCUT2D eigenvalue weighted by atomic mass is 9.91. The zero-order valence-electron chi connectivity index (χ0n) is 11.3. The molecule has 0 saturated heterocycles. The number of halogens is 2. The number of aliphatic carboxylic acids is 1. The highest BCUT2D eigenvalue weighted by Gasteiger charge is 2.26. The van der Waals surface area contributed by atoms with Crippen molar-refractivity contribution in [2.45, 2.75) is 18.9 Å². The van der Waals surface area contributed by atoms with E-state index in [0.29, 0.717) is 15.6 Å². The molecule has 5 heteroatoms. The predicted molar refractivity (Wildman–Crippen MR) is 83.7 cm³/mol. The van der Waals surface area contributed by atoms with Crippen LogP contribution >= 0.6 is 23.2 Å². The van der Waals surface area contributed by atoms with Crippen molar-refractivity contribution in [2.75, 3.05) is 0 Å². The molecule has 2 rings (SSSR count). The van der Waals surface area contributed by atoms with Crippen molar-refractivity contribution in [3.05, 3.63) is 58.1 Å². The van der Waals surface area contributed by atoms with Crippen molar-refractivity contribution in [3.63, 3.8) is 0 Å². The van der Waals surface area contributed by atoms with Gasteiger partial charge in [-0.15, -0.1) is 0 Å². The van der Waals surface area contributed by atoms with Gasteiger partial charge < -0.3 is 10.2 Å². The van der Waals surface area contributed by atoms with E-state index < -0.39 is 11.6 Å². The Balaban J connectivity index is 2.30. The van der Waals surface area contributed by atoms with Crippen molar-refractivity contribution in [1.29, 1.82) is 0 Å². The Morgan fingerprint density at radius 1 is 1.05 bits per heavy atom. The van der Waals surface area contributed by atoms with Gasteiger partial charge in [0.05, 0.1) is 22.1 Å². The molecule has 0 spiro atoms. The molecule has 1 unspecified atom stereocenters. The first kappa shape index (κ1) is 15.8. The summed E-state index contributed by atoms with van der Waals surface area (Å²) in [6, 6.07) is 12.4. The highest BCUT2D eigenvalue weighted by atomic mass is 35.5. The molecule has 0 amide bonds. The van der Waals surface area contributed by atoms with Gasteiger partial charge in [-0.2, -0.15) is 0 Å². The molecule has 3 nitrogen and oxygen atoms in total. The summed E-state index contributed by atoms with van der Waals surface area (Å²) in [4.78, 5) is 10.8. The van der Waals surface area contributed by atoms with Crippen LogP contribution in [-0.4, -0.2) is 16.2 Å². The van der Waals surface area contributed by atoms with E-state index in [9.17, 15) is 9.90 Å². The molecular formula is C16H14Cl2O3. The summed E-state index contributed by atoms with van der Waals surface area (Å²) < 4.78 is 0. The third-order valence-electron chi connectivity index (χ3n) is 3.26. The smallest absolute Gasteiger partial charge is 0.306 e. The van der Waals surface area contributed by atoms with Gasteiger partial charge in [-0.05, 0) is 35.7 Å². The standard InChI is InChI=1S/C16H14Cl2O3/c1-16(21,9-15(19)20)12-5-2-10(3-6-12)11-4-7-13(17)14(18)8-11/h2-8,21H,9H2,1H3,(H,19,20). The van der Waals surface area contributed by atoms with E-state index in [4.69, 9.17) is 28.3 Å². The lowest BCUT2D eigenvalue weighted by Gasteiger charge is -2.21. The van der Waals surface area contributed by atoms with Gasteiger partial charge in [-0.25, -0.2) is 0 Å². The molecule has 2 aromatic rings. The predicted octanol–water partition coefficient (Wildman–Crippen LogP) is 4.34. The van der Waals surface area contributed by atoms with Crippen molar-refractivity contribution in [1.82, 2.24) is 0 Å². The van der Waals surface area contributed by atoms with Crippen LogP contribution in [0.2, 0.25) is 10.0 Å². The summed E-state index contributed by atoms with van der Waals surface area (Å²) in [5.41, 5.74) is 0.952. The maximum absolute atomic E-state index is 10.8. The molecule has 0 bridgehead atoms. The molecule has 0 saturated carbocycles. The molecule has 0 aromatic heterocycles. The van der Waals surface area contributed by atoms with E-state index in [1.54, 1.807) is 24.3 Å². The van der Waals surface area contributed by atoms with E-state index in [2.05, 4.69) is 0 Å². The number of aliphatic hydroxyl groups is 1. The minimum Gasteiger partial charge on any atom is -0.481 e. The van der Waals surface area contributed by atoms with Crippen LogP contribution in [0.3, 0.4) is 0 Å². The summed E-state index contributed by atoms with van der Waals surface area (Å²) in [7, 11) is 0. The van der Waals surface area contributed by atoms with Gasteiger partial charge in [0.2, 0.25) is 0 Å². The molecule has 2 aromatic carbocycles. The van der Waals surface area contributed by atoms with Gasteiger partial charge in [0.15, 0.2) is 0 Å². The highest BCUT2D eigenvalue weighted by molar-refractivity contribution is 6.42. The van der Waals surface area contributed by atoms with Gasteiger partial charge in [0.1, 0.15) is 0 Å². The van der Waals surface area contributed by atoms with Gasteiger partial charge in [-0.3, -0.25) is 4.79 Å². The first-order valence-corrected chi connectivity index (χ1v) is 7.05. The molecule has 0 heterocycles. The van der Waals surface area contributed by atoms with E-state index in [-0.39, 0.29) is 6.42 Å². The summed E-state index contributed by atoms with van der Waals surface area (Å²) >= 11 is 11.9. The molecular weight excluding hydrogens is 311 g/mol. The van der Waals surface area contributed by atoms with Crippen LogP contribution < -0.4 is 0 Å². The third-order valence-corrected chi connectivity index (χ3v) is 3.99. The second-order valence-electron chi connectivity index (χ2n) is 5.05. The summed E-state index contributed by atoms with van der Waals surface area (Å²) in [5.74, 6) is -1.05. The number of hydrogen-bond donors (Lipinski definition) is 2.